The summed E-state index contributed by atoms with van der Waals surface area (Å²) in [5.41, 5.74) is 11.1. The number of nitrogens with one attached hydrogen (secondary N) is 1. The molecule has 0 spiro atoms. The molecule has 0 aliphatic carbocycles. The van der Waals surface area contributed by atoms with Crippen LogP contribution in [-0.2, 0) is 13.5 Å². The second kappa shape index (κ2) is 4.27. The molecular weight excluding hydrogens is 226 g/mol. The number of nitrogens with two attached hydrogens (primary N) is 1. The zero-order valence-electron chi connectivity index (χ0n) is 10.2. The van der Waals surface area contributed by atoms with Crippen LogP contribution in [0.2, 0.25) is 0 Å². The summed E-state index contributed by atoms with van der Waals surface area (Å²) in [7, 11) is 1.95. The number of H-pyrrole nitrogens is 1. The van der Waals surface area contributed by atoms with Crippen molar-refractivity contribution in [2.75, 3.05) is 6.54 Å². The molecule has 92 valence electrons. The van der Waals surface area contributed by atoms with Crippen molar-refractivity contribution in [3.63, 3.8) is 0 Å². The third-order valence-corrected chi connectivity index (χ3v) is 3.17. The average Bonchev–Trinajstić information content (AvgIpc) is 2.97. The fourth-order valence-electron chi connectivity index (χ4n) is 2.24. The Kier molecular flexibility index (Phi) is 2.60. The first-order valence-corrected chi connectivity index (χ1v) is 5.94. The zero-order chi connectivity index (χ0) is 12.5. The molecule has 0 radical (unpaired) electrons. The van der Waals surface area contributed by atoms with Gasteiger partial charge in [0.15, 0.2) is 0 Å². The van der Waals surface area contributed by atoms with Crippen molar-refractivity contribution in [2.45, 2.75) is 6.42 Å². The Bertz CT molecular complexity index is 680. The predicted molar refractivity (Wildman–Crippen MR) is 71.1 cm³/mol. The van der Waals surface area contributed by atoms with Crippen LogP contribution in [0.25, 0.3) is 22.2 Å². The molecule has 0 fully saturated rings. The average molecular weight is 241 g/mol. The molecule has 18 heavy (non-hydrogen) atoms. The zero-order valence-corrected chi connectivity index (χ0v) is 10.2. The summed E-state index contributed by atoms with van der Waals surface area (Å²) < 4.78 is 1.89. The van der Waals surface area contributed by atoms with E-state index >= 15 is 0 Å². The maximum atomic E-state index is 5.65. The van der Waals surface area contributed by atoms with Gasteiger partial charge in [-0.05, 0) is 24.2 Å². The van der Waals surface area contributed by atoms with Crippen molar-refractivity contribution in [2.24, 2.45) is 12.8 Å². The topological polar surface area (TPSA) is 72.5 Å². The molecule has 0 saturated heterocycles. The smallest absolute Gasteiger partial charge is 0.0931 e. The van der Waals surface area contributed by atoms with Gasteiger partial charge in [-0.1, -0.05) is 6.07 Å². The Morgan fingerprint density at radius 3 is 3.11 bits per heavy atom. The van der Waals surface area contributed by atoms with Gasteiger partial charge in [0.05, 0.1) is 23.6 Å². The number of aromatic nitrogens is 4. The lowest BCUT2D eigenvalue weighted by Crippen LogP contribution is -2.08. The summed E-state index contributed by atoms with van der Waals surface area (Å²) in [4.78, 5) is 7.35. The van der Waals surface area contributed by atoms with Gasteiger partial charge in [-0.15, -0.1) is 0 Å². The predicted octanol–water partition coefficient (Wildman–Crippen LogP) is 1.46. The lowest BCUT2D eigenvalue weighted by atomic mass is 10.0. The van der Waals surface area contributed by atoms with Gasteiger partial charge in [-0.25, -0.2) is 4.98 Å². The number of benzene rings is 1. The number of aryl methyl sites for hydroxylation is 1. The molecule has 3 aromatic rings. The second-order valence-electron chi connectivity index (χ2n) is 4.30. The number of hydrogen-bond acceptors (Lipinski definition) is 3. The Hall–Kier alpha value is -2.14. The minimum absolute atomic E-state index is 0.624. The van der Waals surface area contributed by atoms with E-state index in [4.69, 9.17) is 5.73 Å². The normalized spacial score (nSPS) is 11.2. The first kappa shape index (κ1) is 11.0. The number of nitrogens with zero attached hydrogens (tertiary/aromatic N) is 3. The van der Waals surface area contributed by atoms with Gasteiger partial charge in [-0.2, -0.15) is 5.10 Å². The molecule has 5 nitrogen and oxygen atoms in total. The Labute approximate surface area is 105 Å². The molecule has 0 aliphatic rings. The first-order valence-electron chi connectivity index (χ1n) is 5.94. The van der Waals surface area contributed by atoms with Crippen LogP contribution >= 0.6 is 0 Å². The molecule has 0 bridgehead atoms. The highest BCUT2D eigenvalue weighted by molar-refractivity contribution is 5.81. The Balaban J connectivity index is 2.13. The molecule has 2 heterocycles. The van der Waals surface area contributed by atoms with Gasteiger partial charge in [0.25, 0.3) is 0 Å². The summed E-state index contributed by atoms with van der Waals surface area (Å²) in [6.45, 7) is 0.624. The number of fused-ring (bicyclic) bond motifs is 1. The van der Waals surface area contributed by atoms with Crippen LogP contribution < -0.4 is 5.73 Å². The van der Waals surface area contributed by atoms with Crippen LogP contribution in [0, 0.1) is 0 Å². The van der Waals surface area contributed by atoms with Crippen molar-refractivity contribution in [3.05, 3.63) is 36.4 Å². The minimum Gasteiger partial charge on any atom is -0.345 e. The van der Waals surface area contributed by atoms with E-state index in [0.717, 1.165) is 34.3 Å². The van der Waals surface area contributed by atoms with Crippen molar-refractivity contribution >= 4 is 11.0 Å². The fraction of sp³-hybridized carbons (Fsp3) is 0.231. The van der Waals surface area contributed by atoms with Gasteiger partial charge in [0, 0.05) is 24.7 Å². The maximum absolute atomic E-state index is 5.65. The van der Waals surface area contributed by atoms with Gasteiger partial charge in [-0.3, -0.25) is 4.68 Å². The minimum atomic E-state index is 0.624. The highest BCUT2D eigenvalue weighted by Crippen LogP contribution is 2.26. The summed E-state index contributed by atoms with van der Waals surface area (Å²) in [5, 5.41) is 4.31. The van der Waals surface area contributed by atoms with Gasteiger partial charge in [0.2, 0.25) is 0 Å². The highest BCUT2D eigenvalue weighted by Gasteiger charge is 2.10. The van der Waals surface area contributed by atoms with Crippen LogP contribution in [0.5, 0.6) is 0 Å². The summed E-state index contributed by atoms with van der Waals surface area (Å²) in [6.07, 6.45) is 4.42. The summed E-state index contributed by atoms with van der Waals surface area (Å²) in [5.74, 6) is 0. The standard InChI is InChI=1S/C13H15N5/c1-18-13(4-5-14)10(7-17-18)9-2-3-11-12(6-9)16-8-15-11/h2-3,6-8H,4-5,14H2,1H3,(H,15,16). The lowest BCUT2D eigenvalue weighted by molar-refractivity contribution is 0.707. The van der Waals surface area contributed by atoms with E-state index in [9.17, 15) is 0 Å². The maximum Gasteiger partial charge on any atom is 0.0931 e. The van der Waals surface area contributed by atoms with Crippen LogP contribution in [0.3, 0.4) is 0 Å². The molecule has 3 rings (SSSR count). The molecule has 0 atom stereocenters. The Morgan fingerprint density at radius 2 is 2.28 bits per heavy atom. The second-order valence-corrected chi connectivity index (χ2v) is 4.30. The van der Waals surface area contributed by atoms with E-state index in [1.165, 1.54) is 0 Å². The number of rotatable bonds is 3. The van der Waals surface area contributed by atoms with Crippen molar-refractivity contribution in [1.82, 2.24) is 19.7 Å². The van der Waals surface area contributed by atoms with E-state index in [1.807, 2.05) is 24.0 Å². The molecule has 3 N–H and O–H groups in total. The molecule has 1 aromatic carbocycles. The third kappa shape index (κ3) is 1.69. The van der Waals surface area contributed by atoms with Crippen molar-refractivity contribution < 1.29 is 0 Å². The number of aromatic amines is 1. The SMILES string of the molecule is Cn1ncc(-c2ccc3nc[nH]c3c2)c1CCN. The van der Waals surface area contributed by atoms with E-state index in [1.54, 1.807) is 6.33 Å². The molecule has 0 saturated carbocycles. The van der Waals surface area contributed by atoms with Crippen LogP contribution in [0.15, 0.2) is 30.7 Å². The van der Waals surface area contributed by atoms with E-state index in [2.05, 4.69) is 27.2 Å². The van der Waals surface area contributed by atoms with E-state index < -0.39 is 0 Å². The molecule has 0 aliphatic heterocycles. The van der Waals surface area contributed by atoms with Crippen molar-refractivity contribution in [3.8, 4) is 11.1 Å². The summed E-state index contributed by atoms with van der Waals surface area (Å²) in [6, 6.07) is 6.18. The largest absolute Gasteiger partial charge is 0.345 e. The van der Waals surface area contributed by atoms with Crippen LogP contribution in [-0.4, -0.2) is 26.3 Å². The quantitative estimate of drug-likeness (QED) is 0.729. The lowest BCUT2D eigenvalue weighted by Gasteiger charge is -2.05. The number of hydrogen-bond donors (Lipinski definition) is 2. The van der Waals surface area contributed by atoms with Crippen molar-refractivity contribution in [1.29, 1.82) is 0 Å². The molecular formula is C13H15N5. The number of imidazole rings is 1. The fourth-order valence-corrected chi connectivity index (χ4v) is 2.24. The molecule has 2 aromatic heterocycles. The molecule has 0 unspecified atom stereocenters. The van der Waals surface area contributed by atoms with Gasteiger partial charge >= 0.3 is 0 Å². The highest BCUT2D eigenvalue weighted by atomic mass is 15.3. The van der Waals surface area contributed by atoms with Gasteiger partial charge < -0.3 is 10.7 Å². The van der Waals surface area contributed by atoms with E-state index in [0.29, 0.717) is 6.54 Å². The van der Waals surface area contributed by atoms with E-state index in [-0.39, 0.29) is 0 Å². The monoisotopic (exact) mass is 241 g/mol. The first-order chi connectivity index (χ1) is 8.79. The third-order valence-electron chi connectivity index (χ3n) is 3.17. The summed E-state index contributed by atoms with van der Waals surface area (Å²) >= 11 is 0. The molecule has 0 amide bonds. The Morgan fingerprint density at radius 1 is 1.39 bits per heavy atom. The van der Waals surface area contributed by atoms with Crippen LogP contribution in [0.4, 0.5) is 0 Å². The van der Waals surface area contributed by atoms with Crippen LogP contribution in [0.1, 0.15) is 5.69 Å². The molecule has 5 heteroatoms. The van der Waals surface area contributed by atoms with Gasteiger partial charge in [0.1, 0.15) is 0 Å².